The van der Waals surface area contributed by atoms with Crippen LogP contribution < -0.4 is 5.32 Å². The molecule has 1 saturated heterocycles. The highest BCUT2D eigenvalue weighted by atomic mass is 16.1. The maximum Gasteiger partial charge on any atom is 0.220 e. The summed E-state index contributed by atoms with van der Waals surface area (Å²) < 4.78 is 0. The third-order valence-electron chi connectivity index (χ3n) is 4.64. The third-order valence-corrected chi connectivity index (χ3v) is 4.64. The number of terminal acetylenes is 1. The topological polar surface area (TPSA) is 57.1 Å². The first-order valence-electron chi connectivity index (χ1n) is 8.54. The minimum Gasteiger partial charge on any atom is -0.356 e. The fourth-order valence-corrected chi connectivity index (χ4v) is 3.06. The Bertz CT molecular complexity index is 426. The van der Waals surface area contributed by atoms with Crippen molar-refractivity contribution in [3.63, 3.8) is 0 Å². The van der Waals surface area contributed by atoms with Crippen molar-refractivity contribution < 1.29 is 4.79 Å². The quantitative estimate of drug-likeness (QED) is 0.666. The number of hydrogen-bond acceptors (Lipinski definition) is 4. The van der Waals surface area contributed by atoms with Crippen molar-refractivity contribution in [2.24, 2.45) is 16.1 Å². The van der Waals surface area contributed by atoms with E-state index < -0.39 is 0 Å². The molecule has 0 spiro atoms. The van der Waals surface area contributed by atoms with Gasteiger partial charge in [-0.05, 0) is 44.8 Å². The fourth-order valence-electron chi connectivity index (χ4n) is 3.06. The molecule has 0 bridgehead atoms. The lowest BCUT2D eigenvalue weighted by atomic mass is 9.96. The predicted octanol–water partition coefficient (Wildman–Crippen LogP) is 2.58. The van der Waals surface area contributed by atoms with E-state index in [4.69, 9.17) is 6.42 Å². The molecule has 5 nitrogen and oxygen atoms in total. The van der Waals surface area contributed by atoms with Crippen molar-refractivity contribution in [2.75, 3.05) is 26.2 Å². The SMILES string of the molecule is C#CCCC1(CCC(=O)NCC2CCN(CCC)CC2)N=N1. The molecule has 1 amide bonds. The molecule has 122 valence electrons. The fraction of sp³-hybridized carbons (Fsp3) is 0.824. The van der Waals surface area contributed by atoms with Crippen molar-refractivity contribution in [1.82, 2.24) is 10.2 Å². The highest BCUT2D eigenvalue weighted by molar-refractivity contribution is 5.76. The van der Waals surface area contributed by atoms with Crippen molar-refractivity contribution in [1.29, 1.82) is 0 Å². The zero-order chi connectivity index (χ0) is 15.8. The zero-order valence-electron chi connectivity index (χ0n) is 13.7. The van der Waals surface area contributed by atoms with Crippen molar-refractivity contribution >= 4 is 5.91 Å². The maximum absolute atomic E-state index is 12.0. The van der Waals surface area contributed by atoms with E-state index in [2.05, 4.69) is 33.3 Å². The second-order valence-corrected chi connectivity index (χ2v) is 6.48. The summed E-state index contributed by atoms with van der Waals surface area (Å²) in [6.45, 7) is 6.57. The summed E-state index contributed by atoms with van der Waals surface area (Å²) in [5.74, 6) is 3.35. The summed E-state index contributed by atoms with van der Waals surface area (Å²) in [5, 5.41) is 11.2. The lowest BCUT2D eigenvalue weighted by Gasteiger charge is -2.31. The van der Waals surface area contributed by atoms with E-state index in [1.807, 2.05) is 0 Å². The lowest BCUT2D eigenvalue weighted by Crippen LogP contribution is -2.39. The van der Waals surface area contributed by atoms with Crippen LogP contribution in [0.1, 0.15) is 51.9 Å². The maximum atomic E-state index is 12.0. The van der Waals surface area contributed by atoms with Crippen LogP contribution in [0, 0.1) is 18.3 Å². The van der Waals surface area contributed by atoms with Crippen LogP contribution >= 0.6 is 0 Å². The molecule has 0 saturated carbocycles. The Morgan fingerprint density at radius 1 is 1.36 bits per heavy atom. The summed E-state index contributed by atoms with van der Waals surface area (Å²) in [6.07, 6.45) is 11.5. The van der Waals surface area contributed by atoms with Gasteiger partial charge in [0.2, 0.25) is 5.91 Å². The van der Waals surface area contributed by atoms with Crippen molar-refractivity contribution in [2.45, 2.75) is 57.5 Å². The molecular weight excluding hydrogens is 276 g/mol. The molecule has 2 aliphatic heterocycles. The second kappa shape index (κ2) is 8.28. The normalized spacial score (nSPS) is 20.5. The number of nitrogens with zero attached hydrogens (tertiary/aromatic N) is 3. The predicted molar refractivity (Wildman–Crippen MR) is 87.4 cm³/mol. The van der Waals surface area contributed by atoms with Crippen LogP contribution in [-0.4, -0.2) is 42.6 Å². The molecule has 1 N–H and O–H groups in total. The molecule has 0 aliphatic carbocycles. The van der Waals surface area contributed by atoms with Crippen LogP contribution in [0.25, 0.3) is 0 Å². The van der Waals surface area contributed by atoms with Gasteiger partial charge >= 0.3 is 0 Å². The molecule has 22 heavy (non-hydrogen) atoms. The number of amides is 1. The van der Waals surface area contributed by atoms with Crippen LogP contribution in [0.3, 0.4) is 0 Å². The molecule has 2 rings (SSSR count). The number of likely N-dealkylation sites (tertiary alicyclic amines) is 1. The molecule has 0 unspecified atom stereocenters. The molecule has 2 aliphatic rings. The van der Waals surface area contributed by atoms with E-state index in [0.29, 0.717) is 25.2 Å². The lowest BCUT2D eigenvalue weighted by molar-refractivity contribution is -0.121. The number of hydrogen-bond donors (Lipinski definition) is 1. The van der Waals surface area contributed by atoms with Gasteiger partial charge < -0.3 is 10.2 Å². The zero-order valence-corrected chi connectivity index (χ0v) is 13.7. The van der Waals surface area contributed by atoms with Gasteiger partial charge in [0.25, 0.3) is 0 Å². The molecule has 1 fully saturated rings. The Morgan fingerprint density at radius 3 is 2.68 bits per heavy atom. The molecule has 5 heteroatoms. The average molecular weight is 304 g/mol. The minimum atomic E-state index is -0.338. The van der Waals surface area contributed by atoms with E-state index in [1.54, 1.807) is 0 Å². The summed E-state index contributed by atoms with van der Waals surface area (Å²) in [4.78, 5) is 14.5. The molecule has 0 aromatic carbocycles. The van der Waals surface area contributed by atoms with E-state index >= 15 is 0 Å². The average Bonchev–Trinajstić information content (AvgIpc) is 3.31. The molecule has 2 heterocycles. The second-order valence-electron chi connectivity index (χ2n) is 6.48. The largest absolute Gasteiger partial charge is 0.356 e. The van der Waals surface area contributed by atoms with Gasteiger partial charge in [-0.15, -0.1) is 12.3 Å². The number of rotatable bonds is 9. The van der Waals surface area contributed by atoms with Gasteiger partial charge in [-0.3, -0.25) is 4.79 Å². The van der Waals surface area contributed by atoms with Crippen molar-refractivity contribution in [3.8, 4) is 12.3 Å². The van der Waals surface area contributed by atoms with Crippen LogP contribution in [0.15, 0.2) is 10.2 Å². The first-order valence-corrected chi connectivity index (χ1v) is 8.54. The van der Waals surface area contributed by atoms with Gasteiger partial charge in [-0.1, -0.05) is 6.92 Å². The molecule has 0 aromatic rings. The van der Waals surface area contributed by atoms with Gasteiger partial charge in [-0.25, -0.2) is 0 Å². The monoisotopic (exact) mass is 304 g/mol. The number of nitrogens with one attached hydrogen (secondary N) is 1. The molecule has 0 aromatic heterocycles. The van der Waals surface area contributed by atoms with Gasteiger partial charge in [-0.2, -0.15) is 10.2 Å². The summed E-state index contributed by atoms with van der Waals surface area (Å²) in [6, 6.07) is 0. The third kappa shape index (κ3) is 5.42. The smallest absolute Gasteiger partial charge is 0.220 e. The van der Waals surface area contributed by atoms with E-state index in [0.717, 1.165) is 13.0 Å². The van der Waals surface area contributed by atoms with Crippen molar-refractivity contribution in [3.05, 3.63) is 0 Å². The van der Waals surface area contributed by atoms with Crippen LogP contribution in [0.5, 0.6) is 0 Å². The Balaban J connectivity index is 1.56. The summed E-state index contributed by atoms with van der Waals surface area (Å²) in [7, 11) is 0. The van der Waals surface area contributed by atoms with Gasteiger partial charge in [0, 0.05) is 32.2 Å². The Morgan fingerprint density at radius 2 is 2.09 bits per heavy atom. The van der Waals surface area contributed by atoms with Gasteiger partial charge in [0.1, 0.15) is 0 Å². The highest BCUT2D eigenvalue weighted by Crippen LogP contribution is 2.37. The number of carbonyl (C=O) groups excluding carboxylic acids is 1. The summed E-state index contributed by atoms with van der Waals surface area (Å²) in [5.41, 5.74) is -0.338. The molecular formula is C17H28N4O. The summed E-state index contributed by atoms with van der Waals surface area (Å²) >= 11 is 0. The first-order chi connectivity index (χ1) is 10.7. The highest BCUT2D eigenvalue weighted by Gasteiger charge is 2.39. The van der Waals surface area contributed by atoms with E-state index in [9.17, 15) is 4.79 Å². The Labute approximate surface area is 133 Å². The number of piperidine rings is 1. The molecule has 0 atom stereocenters. The van der Waals surface area contributed by atoms with Gasteiger partial charge in [0.15, 0.2) is 5.66 Å². The first kappa shape index (κ1) is 17.0. The van der Waals surface area contributed by atoms with E-state index in [-0.39, 0.29) is 11.6 Å². The van der Waals surface area contributed by atoms with Crippen LogP contribution in [0.2, 0.25) is 0 Å². The van der Waals surface area contributed by atoms with Gasteiger partial charge in [0.05, 0.1) is 0 Å². The molecule has 0 radical (unpaired) electrons. The number of carbonyl (C=O) groups is 1. The Kier molecular flexibility index (Phi) is 6.38. The van der Waals surface area contributed by atoms with E-state index in [1.165, 1.54) is 38.9 Å². The standard InChI is InChI=1S/C17H28N4O/c1-3-5-9-17(19-20-17)10-6-16(22)18-14-15-7-12-21(11-4-2)13-8-15/h1,15H,4-14H2,2H3,(H,18,22). The Hall–Kier alpha value is -1.41. The van der Waals surface area contributed by atoms with Crippen LogP contribution in [-0.2, 0) is 4.79 Å². The van der Waals surface area contributed by atoms with Crippen LogP contribution in [0.4, 0.5) is 0 Å². The minimum absolute atomic E-state index is 0.119.